The third-order valence-corrected chi connectivity index (χ3v) is 6.33. The molecule has 26 heavy (non-hydrogen) atoms. The van der Waals surface area contributed by atoms with Crippen LogP contribution in [0.1, 0.15) is 15.9 Å². The molecule has 7 nitrogen and oxygen atoms in total. The number of fused-ring (bicyclic) bond motifs is 1. The Kier molecular flexibility index (Phi) is 4.85. The quantitative estimate of drug-likeness (QED) is 0.709. The van der Waals surface area contributed by atoms with Crippen LogP contribution in [0, 0.1) is 0 Å². The number of ether oxygens (including phenoxy) is 3. The molecule has 9 heteroatoms. The predicted molar refractivity (Wildman–Crippen MR) is 97.3 cm³/mol. The summed E-state index contributed by atoms with van der Waals surface area (Å²) in [5.41, 5.74) is 0.613. The Balaban J connectivity index is 2.08. The van der Waals surface area contributed by atoms with Crippen LogP contribution < -0.4 is 14.2 Å². The van der Waals surface area contributed by atoms with Crippen LogP contribution in [0.2, 0.25) is 0 Å². The monoisotopic (exact) mass is 441 g/mol. The van der Waals surface area contributed by atoms with E-state index in [0.717, 1.165) is 8.78 Å². The highest BCUT2D eigenvalue weighted by Gasteiger charge is 2.42. The van der Waals surface area contributed by atoms with Crippen LogP contribution in [0.3, 0.4) is 0 Å². The molecule has 0 fully saturated rings. The van der Waals surface area contributed by atoms with Crippen LogP contribution in [0.25, 0.3) is 0 Å². The topological polar surface area (TPSA) is 82.1 Å². The van der Waals surface area contributed by atoms with E-state index in [1.807, 2.05) is 0 Å². The van der Waals surface area contributed by atoms with Crippen LogP contribution in [0.5, 0.6) is 17.2 Å². The number of methoxy groups -OCH3 is 3. The van der Waals surface area contributed by atoms with Gasteiger partial charge >= 0.3 is 0 Å². The molecule has 2 aromatic rings. The van der Waals surface area contributed by atoms with E-state index in [1.165, 1.54) is 33.5 Å². The summed E-state index contributed by atoms with van der Waals surface area (Å²) in [5, 5.41) is 0. The molecule has 1 heterocycles. The van der Waals surface area contributed by atoms with Crippen molar-refractivity contribution in [2.75, 3.05) is 21.3 Å². The predicted octanol–water partition coefficient (Wildman–Crippen LogP) is 2.82. The fraction of sp³-hybridized carbons (Fsp3) is 0.235. The Morgan fingerprint density at radius 2 is 1.58 bits per heavy atom. The second-order valence-corrected chi connectivity index (χ2v) is 8.22. The van der Waals surface area contributed by atoms with Gasteiger partial charge in [0.2, 0.25) is 0 Å². The Morgan fingerprint density at radius 1 is 0.962 bits per heavy atom. The van der Waals surface area contributed by atoms with Gasteiger partial charge in [0.05, 0.1) is 33.4 Å². The number of carbonyl (C=O) groups is 1. The van der Waals surface area contributed by atoms with Crippen LogP contribution >= 0.6 is 15.9 Å². The van der Waals surface area contributed by atoms with Crippen molar-refractivity contribution >= 4 is 31.9 Å². The Hall–Kier alpha value is -2.26. The zero-order chi connectivity index (χ0) is 19.1. The van der Waals surface area contributed by atoms with E-state index in [0.29, 0.717) is 11.3 Å². The van der Waals surface area contributed by atoms with Gasteiger partial charge in [-0.15, -0.1) is 0 Å². The maximum atomic E-state index is 12.9. The molecular weight excluding hydrogens is 426 g/mol. The summed E-state index contributed by atoms with van der Waals surface area (Å²) >= 11 is 3.34. The molecule has 0 saturated heterocycles. The lowest BCUT2D eigenvalue weighted by Gasteiger charge is -2.17. The minimum Gasteiger partial charge on any atom is -0.496 e. The molecule has 0 spiro atoms. The van der Waals surface area contributed by atoms with Gasteiger partial charge in [0, 0.05) is 16.1 Å². The summed E-state index contributed by atoms with van der Waals surface area (Å²) < 4.78 is 43.0. The number of amides is 1. The molecule has 1 aliphatic rings. The average Bonchev–Trinajstić information content (AvgIpc) is 2.81. The van der Waals surface area contributed by atoms with Crippen molar-refractivity contribution < 1.29 is 27.4 Å². The van der Waals surface area contributed by atoms with Crippen LogP contribution in [0.4, 0.5) is 0 Å². The van der Waals surface area contributed by atoms with Crippen LogP contribution in [0.15, 0.2) is 39.7 Å². The number of hydrogen-bond donors (Lipinski definition) is 0. The molecule has 0 N–H and O–H groups in total. The van der Waals surface area contributed by atoms with E-state index < -0.39 is 15.9 Å². The number of rotatable bonds is 5. The third kappa shape index (κ3) is 2.90. The average molecular weight is 442 g/mol. The van der Waals surface area contributed by atoms with E-state index in [1.54, 1.807) is 18.2 Å². The Bertz CT molecular complexity index is 989. The van der Waals surface area contributed by atoms with Crippen molar-refractivity contribution in [3.63, 3.8) is 0 Å². The first-order valence-corrected chi connectivity index (χ1v) is 9.72. The Labute approximate surface area is 159 Å². The molecule has 2 aromatic carbocycles. The van der Waals surface area contributed by atoms with Crippen molar-refractivity contribution in [1.29, 1.82) is 0 Å². The number of nitrogens with zero attached hydrogens (tertiary/aromatic N) is 1. The summed E-state index contributed by atoms with van der Waals surface area (Å²) in [6.45, 7) is -0.150. The molecule has 0 aromatic heterocycles. The van der Waals surface area contributed by atoms with Gasteiger partial charge in [-0.3, -0.25) is 4.79 Å². The summed E-state index contributed by atoms with van der Waals surface area (Å²) in [7, 11) is 0.291. The molecule has 1 amide bonds. The van der Waals surface area contributed by atoms with Gasteiger partial charge in [0.1, 0.15) is 10.6 Å². The van der Waals surface area contributed by atoms with Crippen LogP contribution in [-0.4, -0.2) is 40.0 Å². The molecule has 0 radical (unpaired) electrons. The molecule has 0 aliphatic carbocycles. The molecule has 0 atom stereocenters. The minimum atomic E-state index is -4.01. The number of hydrogen-bond acceptors (Lipinski definition) is 6. The van der Waals surface area contributed by atoms with Crippen molar-refractivity contribution in [1.82, 2.24) is 4.31 Å². The van der Waals surface area contributed by atoms with Crippen molar-refractivity contribution in [2.24, 2.45) is 0 Å². The molecule has 0 saturated carbocycles. The fourth-order valence-electron chi connectivity index (χ4n) is 2.79. The molecule has 138 valence electrons. The lowest BCUT2D eigenvalue weighted by atomic mass is 10.1. The number of halogens is 1. The van der Waals surface area contributed by atoms with Gasteiger partial charge in [-0.25, -0.2) is 12.7 Å². The maximum Gasteiger partial charge on any atom is 0.269 e. The second-order valence-electron chi connectivity index (χ2n) is 5.48. The van der Waals surface area contributed by atoms with Crippen LogP contribution in [-0.2, 0) is 16.6 Å². The van der Waals surface area contributed by atoms with E-state index in [9.17, 15) is 13.2 Å². The number of sulfonamides is 1. The van der Waals surface area contributed by atoms with Gasteiger partial charge in [-0.05, 0) is 24.3 Å². The number of benzene rings is 2. The molecular formula is C17H16BrNO6S. The lowest BCUT2D eigenvalue weighted by molar-refractivity contribution is 0.0864. The molecule has 0 bridgehead atoms. The minimum absolute atomic E-state index is 0.0524. The van der Waals surface area contributed by atoms with E-state index in [2.05, 4.69) is 15.9 Å². The van der Waals surface area contributed by atoms with E-state index in [-0.39, 0.29) is 28.5 Å². The summed E-state index contributed by atoms with van der Waals surface area (Å²) in [6, 6.07) is 7.87. The first-order chi connectivity index (χ1) is 12.3. The third-order valence-electron chi connectivity index (χ3n) is 4.07. The smallest absolute Gasteiger partial charge is 0.269 e. The first-order valence-electron chi connectivity index (χ1n) is 7.49. The highest BCUT2D eigenvalue weighted by molar-refractivity contribution is 9.10. The molecule has 0 unspecified atom stereocenters. The maximum absolute atomic E-state index is 12.9. The van der Waals surface area contributed by atoms with Crippen molar-refractivity contribution in [3.8, 4) is 17.2 Å². The first kappa shape index (κ1) is 18.5. The van der Waals surface area contributed by atoms with Gasteiger partial charge in [-0.2, -0.15) is 0 Å². The highest BCUT2D eigenvalue weighted by Crippen LogP contribution is 2.40. The fourth-order valence-corrected chi connectivity index (χ4v) is 4.74. The second kappa shape index (κ2) is 6.81. The van der Waals surface area contributed by atoms with Gasteiger partial charge < -0.3 is 14.2 Å². The van der Waals surface area contributed by atoms with Gasteiger partial charge in [-0.1, -0.05) is 15.9 Å². The van der Waals surface area contributed by atoms with E-state index >= 15 is 0 Å². The largest absolute Gasteiger partial charge is 0.496 e. The van der Waals surface area contributed by atoms with Crippen molar-refractivity contribution in [2.45, 2.75) is 11.4 Å². The standard InChI is InChI=1S/C17H16BrNO6S/c1-23-13-5-4-11(18)6-10(13)9-19-17(20)12-7-14(24-2)15(25-3)8-16(12)26(19,21)22/h4-8H,9H2,1-3H3. The number of carbonyl (C=O) groups excluding carboxylic acids is 1. The van der Waals surface area contributed by atoms with Crippen molar-refractivity contribution in [3.05, 3.63) is 45.9 Å². The van der Waals surface area contributed by atoms with Gasteiger partial charge in [0.15, 0.2) is 11.5 Å². The van der Waals surface area contributed by atoms with E-state index in [4.69, 9.17) is 14.2 Å². The summed E-state index contributed by atoms with van der Waals surface area (Å²) in [4.78, 5) is 12.7. The SMILES string of the molecule is COc1ccc(Br)cc1CN1C(=O)c2cc(OC)c(OC)cc2S1(=O)=O. The normalized spacial score (nSPS) is 14.9. The van der Waals surface area contributed by atoms with Gasteiger partial charge in [0.25, 0.3) is 15.9 Å². The summed E-state index contributed by atoms with van der Waals surface area (Å²) in [6.07, 6.45) is 0. The molecule has 1 aliphatic heterocycles. The molecule has 3 rings (SSSR count). The zero-order valence-electron chi connectivity index (χ0n) is 14.3. The zero-order valence-corrected chi connectivity index (χ0v) is 16.7. The lowest BCUT2D eigenvalue weighted by Crippen LogP contribution is -2.29. The summed E-state index contributed by atoms with van der Waals surface area (Å²) in [5.74, 6) is 0.395. The Morgan fingerprint density at radius 3 is 2.19 bits per heavy atom. The highest BCUT2D eigenvalue weighted by atomic mass is 79.9.